The van der Waals surface area contributed by atoms with Crippen LogP contribution in [0.25, 0.3) is 0 Å². The van der Waals surface area contributed by atoms with Crippen molar-refractivity contribution in [2.45, 2.75) is 52.1 Å². The molecule has 5 heteroatoms. The number of esters is 2. The molecule has 0 fully saturated rings. The summed E-state index contributed by atoms with van der Waals surface area (Å²) in [7, 11) is 0. The van der Waals surface area contributed by atoms with E-state index in [1.165, 1.54) is 0 Å². The van der Waals surface area contributed by atoms with E-state index in [9.17, 15) is 9.59 Å². The Hall–Kier alpha value is -1.11. The van der Waals surface area contributed by atoms with Gasteiger partial charge in [-0.25, -0.2) is 0 Å². The molecule has 0 radical (unpaired) electrons. The summed E-state index contributed by atoms with van der Waals surface area (Å²) in [5.41, 5.74) is 0.992. The Morgan fingerprint density at radius 3 is 2.36 bits per heavy atom. The average molecular weight is 418 g/mol. The largest absolute Gasteiger partial charge is 0.466 e. The van der Waals surface area contributed by atoms with Gasteiger partial charge in [-0.3, -0.25) is 9.59 Å². The summed E-state index contributed by atoms with van der Waals surface area (Å²) < 4.78 is 11.4. The third-order valence-electron chi connectivity index (χ3n) is 3.12. The van der Waals surface area contributed by atoms with Crippen molar-refractivity contribution in [3.63, 3.8) is 0 Å². The number of benzene rings is 1. The molecule has 0 saturated carbocycles. The molecule has 1 aromatic carbocycles. The number of unbranched alkanes of at least 4 members (excludes halogenated alkanes) is 2. The molecular formula is C17H23IO4. The summed E-state index contributed by atoms with van der Waals surface area (Å²) in [6, 6.07) is 7.76. The zero-order chi connectivity index (χ0) is 16.2. The number of rotatable bonds is 10. The van der Waals surface area contributed by atoms with Gasteiger partial charge in [-0.15, -0.1) is 0 Å². The van der Waals surface area contributed by atoms with Crippen molar-refractivity contribution in [1.29, 1.82) is 0 Å². The van der Waals surface area contributed by atoms with Crippen LogP contribution in [0.4, 0.5) is 0 Å². The molecule has 0 aliphatic carbocycles. The van der Waals surface area contributed by atoms with Crippen LogP contribution < -0.4 is 0 Å². The fourth-order valence-corrected chi connectivity index (χ4v) is 2.38. The van der Waals surface area contributed by atoms with Gasteiger partial charge in [0.1, 0.15) is 6.61 Å². The number of halogens is 1. The van der Waals surface area contributed by atoms with E-state index in [1.54, 1.807) is 0 Å². The summed E-state index contributed by atoms with van der Waals surface area (Å²) in [6.07, 6.45) is 4.05. The fourth-order valence-electron chi connectivity index (χ4n) is 1.83. The lowest BCUT2D eigenvalue weighted by molar-refractivity contribution is -0.146. The zero-order valence-corrected chi connectivity index (χ0v) is 15.1. The van der Waals surface area contributed by atoms with Crippen LogP contribution in [0.15, 0.2) is 24.3 Å². The Morgan fingerprint density at radius 2 is 1.68 bits per heavy atom. The summed E-state index contributed by atoms with van der Waals surface area (Å²) >= 11 is 2.21. The molecule has 0 N–H and O–H groups in total. The normalized spacial score (nSPS) is 10.3. The highest BCUT2D eigenvalue weighted by atomic mass is 127. The van der Waals surface area contributed by atoms with Gasteiger partial charge in [-0.2, -0.15) is 0 Å². The minimum absolute atomic E-state index is 0.235. The molecule has 0 aromatic heterocycles. The predicted octanol–water partition coefficient (Wildman–Crippen LogP) is 4.24. The minimum Gasteiger partial charge on any atom is -0.466 e. The van der Waals surface area contributed by atoms with E-state index in [0.717, 1.165) is 28.4 Å². The third kappa shape index (κ3) is 8.36. The molecule has 1 rings (SSSR count). The van der Waals surface area contributed by atoms with Gasteiger partial charge < -0.3 is 9.47 Å². The molecule has 0 aliphatic rings. The van der Waals surface area contributed by atoms with Crippen molar-refractivity contribution in [3.05, 3.63) is 33.4 Å². The van der Waals surface area contributed by atoms with Gasteiger partial charge in [0.05, 0.1) is 6.61 Å². The van der Waals surface area contributed by atoms with E-state index in [1.807, 2.05) is 24.3 Å². The van der Waals surface area contributed by atoms with Crippen LogP contribution in [0.1, 0.15) is 51.0 Å². The molecule has 0 spiro atoms. The number of carbonyl (C=O) groups excluding carboxylic acids is 2. The number of carbonyl (C=O) groups is 2. The van der Waals surface area contributed by atoms with E-state index < -0.39 is 0 Å². The van der Waals surface area contributed by atoms with Crippen LogP contribution in [-0.4, -0.2) is 18.5 Å². The van der Waals surface area contributed by atoms with Crippen LogP contribution in [0, 0.1) is 3.57 Å². The Bertz CT molecular complexity index is 473. The molecule has 0 aliphatic heterocycles. The maximum Gasteiger partial charge on any atom is 0.306 e. The quantitative estimate of drug-likeness (QED) is 0.324. The molecule has 22 heavy (non-hydrogen) atoms. The lowest BCUT2D eigenvalue weighted by atomic mass is 10.2. The summed E-state index contributed by atoms with van der Waals surface area (Å²) in [6.45, 7) is 2.85. The number of hydrogen-bond acceptors (Lipinski definition) is 4. The first-order valence-electron chi connectivity index (χ1n) is 7.68. The van der Waals surface area contributed by atoms with E-state index in [-0.39, 0.29) is 31.4 Å². The van der Waals surface area contributed by atoms with Gasteiger partial charge in [0, 0.05) is 22.0 Å². The lowest BCUT2D eigenvalue weighted by Crippen LogP contribution is -2.09. The molecule has 0 heterocycles. The Balaban J connectivity index is 2.11. The molecule has 4 nitrogen and oxygen atoms in total. The summed E-state index contributed by atoms with van der Waals surface area (Å²) in [5, 5.41) is 0. The Labute approximate surface area is 145 Å². The third-order valence-corrected chi connectivity index (χ3v) is 4.17. The maximum absolute atomic E-state index is 11.6. The smallest absolute Gasteiger partial charge is 0.306 e. The highest BCUT2D eigenvalue weighted by molar-refractivity contribution is 14.1. The topological polar surface area (TPSA) is 52.6 Å². The van der Waals surface area contributed by atoms with Crippen LogP contribution >= 0.6 is 22.6 Å². The van der Waals surface area contributed by atoms with Gasteiger partial charge in [0.25, 0.3) is 0 Å². The lowest BCUT2D eigenvalue weighted by Gasteiger charge is -2.07. The van der Waals surface area contributed by atoms with Crippen molar-refractivity contribution < 1.29 is 19.1 Å². The second-order valence-corrected chi connectivity index (χ2v) is 6.20. The maximum atomic E-state index is 11.6. The Morgan fingerprint density at radius 1 is 1.00 bits per heavy atom. The van der Waals surface area contributed by atoms with Gasteiger partial charge in [-0.1, -0.05) is 38.0 Å². The van der Waals surface area contributed by atoms with E-state index in [4.69, 9.17) is 9.47 Å². The highest BCUT2D eigenvalue weighted by Crippen LogP contribution is 2.13. The number of hydrogen-bond donors (Lipinski definition) is 0. The van der Waals surface area contributed by atoms with Crippen molar-refractivity contribution in [3.8, 4) is 0 Å². The van der Waals surface area contributed by atoms with Crippen molar-refractivity contribution in [2.75, 3.05) is 6.61 Å². The van der Waals surface area contributed by atoms with Crippen molar-refractivity contribution >= 4 is 34.5 Å². The first kappa shape index (κ1) is 18.9. The summed E-state index contributed by atoms with van der Waals surface area (Å²) in [5.74, 6) is -0.514. The van der Waals surface area contributed by atoms with Crippen molar-refractivity contribution in [1.82, 2.24) is 0 Å². The first-order chi connectivity index (χ1) is 10.6. The molecule has 122 valence electrons. The molecule has 1 aromatic rings. The van der Waals surface area contributed by atoms with Gasteiger partial charge >= 0.3 is 11.9 Å². The van der Waals surface area contributed by atoms with E-state index >= 15 is 0 Å². The monoisotopic (exact) mass is 418 g/mol. The summed E-state index contributed by atoms with van der Waals surface area (Å²) in [4.78, 5) is 23.1. The zero-order valence-electron chi connectivity index (χ0n) is 13.0. The van der Waals surface area contributed by atoms with Gasteiger partial charge in [-0.05, 0) is 41.5 Å². The van der Waals surface area contributed by atoms with Gasteiger partial charge in [0.15, 0.2) is 0 Å². The van der Waals surface area contributed by atoms with Crippen LogP contribution in [0.5, 0.6) is 0 Å². The molecule has 0 unspecified atom stereocenters. The molecular weight excluding hydrogens is 395 g/mol. The van der Waals surface area contributed by atoms with Crippen LogP contribution in [-0.2, 0) is 25.7 Å². The van der Waals surface area contributed by atoms with E-state index in [0.29, 0.717) is 13.0 Å². The minimum atomic E-state index is -0.279. The second kappa shape index (κ2) is 11.5. The van der Waals surface area contributed by atoms with Crippen LogP contribution in [0.3, 0.4) is 0 Å². The standard InChI is InChI=1S/C17H23IO4/c1-2-3-6-12-21-16(19)10-7-11-17(20)22-13-14-8-4-5-9-15(14)18/h4-5,8-9H,2-3,6-7,10-13H2,1H3. The Kier molecular flexibility index (Phi) is 9.86. The average Bonchev–Trinajstić information content (AvgIpc) is 2.51. The molecule has 0 amide bonds. The molecule has 0 atom stereocenters. The van der Waals surface area contributed by atoms with E-state index in [2.05, 4.69) is 29.5 Å². The fraction of sp³-hybridized carbons (Fsp3) is 0.529. The van der Waals surface area contributed by atoms with Crippen LogP contribution in [0.2, 0.25) is 0 Å². The molecule has 0 bridgehead atoms. The second-order valence-electron chi connectivity index (χ2n) is 5.03. The first-order valence-corrected chi connectivity index (χ1v) is 8.76. The molecule has 0 saturated heterocycles. The van der Waals surface area contributed by atoms with Gasteiger partial charge in [0.2, 0.25) is 0 Å². The number of ether oxygens (including phenoxy) is 2. The predicted molar refractivity (Wildman–Crippen MR) is 93.3 cm³/mol. The SMILES string of the molecule is CCCCCOC(=O)CCCC(=O)OCc1ccccc1I. The highest BCUT2D eigenvalue weighted by Gasteiger charge is 2.08. The van der Waals surface area contributed by atoms with Crippen molar-refractivity contribution in [2.24, 2.45) is 0 Å².